The summed E-state index contributed by atoms with van der Waals surface area (Å²) in [6.45, 7) is 7.42. The van der Waals surface area contributed by atoms with Crippen molar-refractivity contribution in [2.75, 3.05) is 0 Å². The molecule has 0 fully saturated rings. The van der Waals surface area contributed by atoms with Crippen molar-refractivity contribution in [2.24, 2.45) is 0 Å². The maximum Gasteiger partial charge on any atom is 0.327 e. The van der Waals surface area contributed by atoms with Gasteiger partial charge in [0.2, 0.25) is 0 Å². The Morgan fingerprint density at radius 2 is 1.91 bits per heavy atom. The van der Waals surface area contributed by atoms with Gasteiger partial charge in [0, 0.05) is 28.3 Å². The summed E-state index contributed by atoms with van der Waals surface area (Å²) in [6, 6.07) is 10.1. The van der Waals surface area contributed by atoms with Gasteiger partial charge in [-0.3, -0.25) is 14.5 Å². The van der Waals surface area contributed by atoms with E-state index in [1.165, 1.54) is 9.58 Å². The van der Waals surface area contributed by atoms with Crippen LogP contribution in [0.25, 0.3) is 17.0 Å². The number of hydrogen-bond acceptors (Lipinski definition) is 4. The van der Waals surface area contributed by atoms with Gasteiger partial charge in [-0.15, -0.1) is 0 Å². The van der Waals surface area contributed by atoms with Crippen LogP contribution >= 0.6 is 11.6 Å². The smallest absolute Gasteiger partial charge is 0.327 e. The van der Waals surface area contributed by atoms with E-state index < -0.39 is 17.7 Å². The third-order valence-corrected chi connectivity index (χ3v) is 5.75. The second-order valence-corrected chi connectivity index (χ2v) is 8.79. The second-order valence-electron chi connectivity index (χ2n) is 8.35. The SMILES string of the molecule is CCCc1nn(-c2cccc(Cl)c2)c([O-])c1C1=C([n+]2cccc(C)c2)C(=O)N(C(C)C)C1=O. The third-order valence-electron chi connectivity index (χ3n) is 5.52. The summed E-state index contributed by atoms with van der Waals surface area (Å²) in [5.74, 6) is -1.37. The Bertz CT molecular complexity index is 1290. The zero-order valence-corrected chi connectivity index (χ0v) is 19.8. The molecular weight excluding hydrogens is 440 g/mol. The average molecular weight is 465 g/mol. The molecule has 8 heteroatoms. The molecule has 0 spiro atoms. The molecule has 0 saturated heterocycles. The van der Waals surface area contributed by atoms with E-state index in [2.05, 4.69) is 5.10 Å². The minimum absolute atomic E-state index is 0.0889. The Kier molecular flexibility index (Phi) is 6.08. The summed E-state index contributed by atoms with van der Waals surface area (Å²) < 4.78 is 2.88. The molecule has 0 atom stereocenters. The van der Waals surface area contributed by atoms with Gasteiger partial charge >= 0.3 is 5.91 Å². The fourth-order valence-corrected chi connectivity index (χ4v) is 4.28. The first-order valence-electron chi connectivity index (χ1n) is 10.9. The monoisotopic (exact) mass is 464 g/mol. The molecule has 33 heavy (non-hydrogen) atoms. The van der Waals surface area contributed by atoms with E-state index in [9.17, 15) is 14.7 Å². The minimum Gasteiger partial charge on any atom is -0.858 e. The highest BCUT2D eigenvalue weighted by Gasteiger charge is 2.47. The van der Waals surface area contributed by atoms with Crippen LogP contribution in [-0.4, -0.2) is 32.5 Å². The lowest BCUT2D eigenvalue weighted by atomic mass is 10.0. The molecule has 2 amide bonds. The molecular formula is C25H25ClN4O3. The summed E-state index contributed by atoms with van der Waals surface area (Å²) in [6.07, 6.45) is 4.68. The van der Waals surface area contributed by atoms with Gasteiger partial charge in [-0.2, -0.15) is 9.67 Å². The van der Waals surface area contributed by atoms with Crippen LogP contribution in [0.4, 0.5) is 0 Å². The highest BCUT2D eigenvalue weighted by atomic mass is 35.5. The van der Waals surface area contributed by atoms with Gasteiger partial charge in [-0.25, -0.2) is 4.68 Å². The maximum atomic E-state index is 13.7. The molecule has 170 valence electrons. The fourth-order valence-electron chi connectivity index (χ4n) is 4.09. The van der Waals surface area contributed by atoms with E-state index in [1.54, 1.807) is 61.1 Å². The van der Waals surface area contributed by atoms with Crippen LogP contribution in [0.2, 0.25) is 5.02 Å². The summed E-state index contributed by atoms with van der Waals surface area (Å²) >= 11 is 6.13. The van der Waals surface area contributed by atoms with Crippen LogP contribution in [-0.2, 0) is 16.0 Å². The number of aromatic nitrogens is 3. The molecule has 1 aromatic carbocycles. The average Bonchev–Trinajstić information content (AvgIpc) is 3.20. The first-order valence-corrected chi connectivity index (χ1v) is 11.3. The highest BCUT2D eigenvalue weighted by Crippen LogP contribution is 2.38. The van der Waals surface area contributed by atoms with Crippen molar-refractivity contribution < 1.29 is 19.3 Å². The van der Waals surface area contributed by atoms with Crippen LogP contribution in [0.1, 0.15) is 44.0 Å². The van der Waals surface area contributed by atoms with E-state index in [4.69, 9.17) is 11.6 Å². The molecule has 3 heterocycles. The molecule has 3 aromatic rings. The molecule has 0 unspecified atom stereocenters. The number of carbonyl (C=O) groups is 2. The number of nitrogens with zero attached hydrogens (tertiary/aromatic N) is 4. The molecule has 0 saturated carbocycles. The van der Waals surface area contributed by atoms with Gasteiger partial charge in [-0.05, 0) is 57.3 Å². The van der Waals surface area contributed by atoms with E-state index in [0.29, 0.717) is 22.8 Å². The molecule has 0 radical (unpaired) electrons. The number of carbonyl (C=O) groups excluding carboxylic acids is 2. The van der Waals surface area contributed by atoms with Crippen LogP contribution in [0, 0.1) is 6.92 Å². The van der Waals surface area contributed by atoms with Crippen LogP contribution in [0.3, 0.4) is 0 Å². The van der Waals surface area contributed by atoms with Crippen molar-refractivity contribution in [3.05, 3.63) is 70.6 Å². The topological polar surface area (TPSA) is 82.1 Å². The lowest BCUT2D eigenvalue weighted by molar-refractivity contribution is -0.577. The summed E-state index contributed by atoms with van der Waals surface area (Å²) in [5, 5.41) is 18.7. The number of imide groups is 1. The Morgan fingerprint density at radius 3 is 2.55 bits per heavy atom. The Balaban J connectivity index is 2.03. The number of pyridine rings is 1. The molecule has 0 aliphatic carbocycles. The van der Waals surface area contributed by atoms with E-state index in [-0.39, 0.29) is 22.9 Å². The van der Waals surface area contributed by atoms with E-state index in [1.807, 2.05) is 19.9 Å². The highest BCUT2D eigenvalue weighted by molar-refractivity contribution is 6.45. The summed E-state index contributed by atoms with van der Waals surface area (Å²) in [7, 11) is 0. The van der Waals surface area contributed by atoms with Gasteiger partial charge in [0.15, 0.2) is 12.4 Å². The van der Waals surface area contributed by atoms with Crippen molar-refractivity contribution in [2.45, 2.75) is 46.6 Å². The second kappa shape index (κ2) is 8.83. The van der Waals surface area contributed by atoms with Crippen molar-refractivity contribution in [3.8, 4) is 11.6 Å². The largest absolute Gasteiger partial charge is 0.858 e. The number of amides is 2. The minimum atomic E-state index is -0.487. The summed E-state index contributed by atoms with van der Waals surface area (Å²) in [4.78, 5) is 28.2. The zero-order chi connectivity index (χ0) is 23.9. The Labute approximate surface area is 197 Å². The lowest BCUT2D eigenvalue weighted by Crippen LogP contribution is -2.42. The van der Waals surface area contributed by atoms with E-state index >= 15 is 0 Å². The van der Waals surface area contributed by atoms with Gasteiger partial charge in [0.1, 0.15) is 5.57 Å². The first-order chi connectivity index (χ1) is 15.7. The van der Waals surface area contributed by atoms with Crippen LogP contribution < -0.4 is 9.67 Å². The fraction of sp³-hybridized carbons (Fsp3) is 0.280. The molecule has 0 N–H and O–H groups in total. The third kappa shape index (κ3) is 3.93. The van der Waals surface area contributed by atoms with Gasteiger partial charge in [0.05, 0.1) is 11.4 Å². The predicted molar refractivity (Wildman–Crippen MR) is 123 cm³/mol. The lowest BCUT2D eigenvalue weighted by Gasteiger charge is -2.18. The zero-order valence-electron chi connectivity index (χ0n) is 19.0. The number of aryl methyl sites for hydroxylation is 2. The van der Waals surface area contributed by atoms with Crippen molar-refractivity contribution in [1.29, 1.82) is 0 Å². The Morgan fingerprint density at radius 1 is 1.15 bits per heavy atom. The maximum absolute atomic E-state index is 13.7. The van der Waals surface area contributed by atoms with Gasteiger partial charge in [0.25, 0.3) is 11.6 Å². The number of hydrogen-bond donors (Lipinski definition) is 0. The van der Waals surface area contributed by atoms with Crippen molar-refractivity contribution in [3.63, 3.8) is 0 Å². The summed E-state index contributed by atoms with van der Waals surface area (Å²) in [5.41, 5.74) is 2.32. The van der Waals surface area contributed by atoms with Crippen molar-refractivity contribution in [1.82, 2.24) is 14.7 Å². The Hall–Kier alpha value is -3.45. The molecule has 1 aliphatic rings. The number of rotatable bonds is 6. The molecule has 2 aromatic heterocycles. The normalized spacial score (nSPS) is 14.2. The number of benzene rings is 1. The molecule has 7 nitrogen and oxygen atoms in total. The van der Waals surface area contributed by atoms with Crippen molar-refractivity contribution >= 4 is 34.7 Å². The molecule has 0 bridgehead atoms. The number of halogens is 1. The van der Waals surface area contributed by atoms with Gasteiger partial charge in [-0.1, -0.05) is 31.0 Å². The first kappa shape index (κ1) is 22.7. The van der Waals surface area contributed by atoms with Crippen LogP contribution in [0.15, 0.2) is 48.8 Å². The van der Waals surface area contributed by atoms with Crippen LogP contribution in [0.5, 0.6) is 5.88 Å². The quantitative estimate of drug-likeness (QED) is 0.414. The predicted octanol–water partition coefficient (Wildman–Crippen LogP) is 3.29. The molecule has 4 rings (SSSR count). The standard InChI is InChI=1S/C25H25ClN4O3/c1-5-8-19-20(24(32)30(27-19)18-11-6-10-17(26)13-18)21-22(28-12-7-9-16(4)14-28)25(33)29(15(2)3)23(21)31/h6-7,9-15H,5,8H2,1-4H3. The van der Waals surface area contributed by atoms with Gasteiger partial charge < -0.3 is 5.11 Å². The molecule has 1 aliphatic heterocycles. The van der Waals surface area contributed by atoms with E-state index in [0.717, 1.165) is 12.0 Å².